The Kier molecular flexibility index (Phi) is 16.0. The smallest absolute Gasteiger partial charge is 0.101 e. The van der Waals surface area contributed by atoms with Crippen molar-refractivity contribution in [3.63, 3.8) is 0 Å². The highest BCUT2D eigenvalue weighted by molar-refractivity contribution is 14.1. The van der Waals surface area contributed by atoms with E-state index in [9.17, 15) is 0 Å². The van der Waals surface area contributed by atoms with Gasteiger partial charge in [0.15, 0.2) is 0 Å². The minimum absolute atomic E-state index is 1.06. The van der Waals surface area contributed by atoms with Crippen LogP contribution < -0.4 is 0 Å². The lowest BCUT2D eigenvalue weighted by Gasteiger charge is -2.04. The van der Waals surface area contributed by atoms with Gasteiger partial charge in [-0.15, -0.1) is 0 Å². The lowest BCUT2D eigenvalue weighted by atomic mass is 10.0. The molecule has 4 nitrogen and oxygen atoms in total. The highest BCUT2D eigenvalue weighted by Crippen LogP contribution is 2.42. The van der Waals surface area contributed by atoms with Gasteiger partial charge < -0.3 is 9.97 Å². The summed E-state index contributed by atoms with van der Waals surface area (Å²) in [5.74, 6) is 0. The average molecular weight is 899 g/mol. The predicted molar refractivity (Wildman–Crippen MR) is 236 cm³/mol. The van der Waals surface area contributed by atoms with Crippen molar-refractivity contribution < 1.29 is 0 Å². The first-order valence-electron chi connectivity index (χ1n) is 20.0. The SMILES string of the molecule is CCCCCCC1=C(I)c2nc1ccc1nc(c3cc(CCCCCC)c(ccc4[nH]c2cc4CCCCCC)[nH]3)C(I)=C1CCCCCC. The van der Waals surface area contributed by atoms with Gasteiger partial charge in [-0.1, -0.05) is 105 Å². The zero-order chi connectivity index (χ0) is 35.3. The number of nitrogens with zero attached hydrogens (tertiary/aromatic N) is 2. The molecule has 2 N–H and O–H groups in total. The molecule has 3 aromatic heterocycles. The molecule has 3 aromatic rings. The number of allylic oxidation sites excluding steroid dienone is 2. The molecule has 0 unspecified atom stereocenters. The van der Waals surface area contributed by atoms with Crippen molar-refractivity contribution in [2.45, 2.75) is 156 Å². The molecule has 0 aliphatic carbocycles. The van der Waals surface area contributed by atoms with Crippen molar-refractivity contribution in [2.75, 3.05) is 0 Å². The molecular formula is C44H60I2N4. The Labute approximate surface area is 329 Å². The molecule has 270 valence electrons. The number of rotatable bonds is 20. The fraction of sp³-hybridized carbons (Fsp3) is 0.545. The van der Waals surface area contributed by atoms with Crippen LogP contribution in [-0.4, -0.2) is 19.9 Å². The molecule has 50 heavy (non-hydrogen) atoms. The van der Waals surface area contributed by atoms with Crippen molar-refractivity contribution in [1.82, 2.24) is 19.9 Å². The summed E-state index contributed by atoms with van der Waals surface area (Å²) < 4.78 is 2.59. The monoisotopic (exact) mass is 898 g/mol. The lowest BCUT2D eigenvalue weighted by molar-refractivity contribution is 0.668. The van der Waals surface area contributed by atoms with Gasteiger partial charge in [-0.3, -0.25) is 0 Å². The molecule has 0 fully saturated rings. The van der Waals surface area contributed by atoms with Gasteiger partial charge in [0.2, 0.25) is 0 Å². The summed E-state index contributed by atoms with van der Waals surface area (Å²) in [6.45, 7) is 9.16. The highest BCUT2D eigenvalue weighted by atomic mass is 127. The van der Waals surface area contributed by atoms with Gasteiger partial charge in [0.1, 0.15) is 11.4 Å². The van der Waals surface area contributed by atoms with E-state index in [1.807, 2.05) is 0 Å². The van der Waals surface area contributed by atoms with E-state index in [0.29, 0.717) is 0 Å². The Hall–Kier alpha value is -1.94. The summed E-state index contributed by atoms with van der Waals surface area (Å²) >= 11 is 5.16. The first-order chi connectivity index (χ1) is 24.5. The molecule has 2 aliphatic rings. The van der Waals surface area contributed by atoms with Crippen molar-refractivity contribution in [3.05, 3.63) is 70.3 Å². The van der Waals surface area contributed by atoms with E-state index < -0.39 is 0 Å². The normalized spacial score (nSPS) is 13.2. The Balaban J connectivity index is 1.72. The third-order valence-electron chi connectivity index (χ3n) is 10.4. The topological polar surface area (TPSA) is 57.4 Å². The number of hydrogen-bond acceptors (Lipinski definition) is 2. The van der Waals surface area contributed by atoms with E-state index in [4.69, 9.17) is 9.97 Å². The Morgan fingerprint density at radius 2 is 0.800 bits per heavy atom. The van der Waals surface area contributed by atoms with Crippen LogP contribution in [0.4, 0.5) is 0 Å². The molecule has 0 atom stereocenters. The van der Waals surface area contributed by atoms with Crippen LogP contribution in [0.15, 0.2) is 36.4 Å². The number of hydrogen-bond donors (Lipinski definition) is 2. The number of halogens is 2. The van der Waals surface area contributed by atoms with Crippen molar-refractivity contribution >= 4 is 85.6 Å². The molecule has 8 bridgehead atoms. The fourth-order valence-electron chi connectivity index (χ4n) is 7.35. The fourth-order valence-corrected chi connectivity index (χ4v) is 9.27. The standard InChI is InChI=1S/C44H60I2N4/c1-5-9-13-17-21-31-29-39-43-41(45)33(23-19-15-11-7-3)37(49-43)27-28-38-34(24-20-16-12-8-4)42(46)44(50-38)40-30-32(22-18-14-10-6-2)36(48-40)26-25-35(31)47-39/h25-30,47-48H,5-24H2,1-4H3. The molecular weight excluding hydrogens is 838 g/mol. The van der Waals surface area contributed by atoms with Gasteiger partial charge in [0.05, 0.1) is 22.4 Å². The van der Waals surface area contributed by atoms with Gasteiger partial charge in [-0.05, 0) is 155 Å². The molecule has 0 spiro atoms. The van der Waals surface area contributed by atoms with Gasteiger partial charge in [-0.25, -0.2) is 9.97 Å². The number of aromatic nitrogens is 4. The lowest BCUT2D eigenvalue weighted by Crippen LogP contribution is -1.86. The maximum Gasteiger partial charge on any atom is 0.101 e. The minimum atomic E-state index is 1.06. The van der Waals surface area contributed by atoms with E-state index >= 15 is 0 Å². The second-order valence-corrected chi connectivity index (χ2v) is 16.6. The number of aromatic amines is 2. The largest absolute Gasteiger partial charge is 0.353 e. The maximum atomic E-state index is 5.39. The van der Waals surface area contributed by atoms with Crippen molar-refractivity contribution in [2.24, 2.45) is 0 Å². The van der Waals surface area contributed by atoms with Crippen LogP contribution in [-0.2, 0) is 12.8 Å². The number of nitrogens with one attached hydrogen (secondary N) is 2. The molecule has 6 heteroatoms. The molecule has 0 saturated carbocycles. The third kappa shape index (κ3) is 10.1. The van der Waals surface area contributed by atoms with Gasteiger partial charge in [0, 0.05) is 18.2 Å². The first kappa shape index (κ1) is 39.3. The molecule has 5 heterocycles. The van der Waals surface area contributed by atoms with E-state index in [-0.39, 0.29) is 0 Å². The highest BCUT2D eigenvalue weighted by Gasteiger charge is 2.22. The van der Waals surface area contributed by atoms with E-state index in [1.54, 1.807) is 0 Å². The van der Waals surface area contributed by atoms with E-state index in [2.05, 4.69) is 119 Å². The number of unbranched alkanes of at least 4 members (excludes halogenated alkanes) is 12. The summed E-state index contributed by atoms with van der Waals surface area (Å²) in [6, 6.07) is 14.0. The predicted octanol–water partition coefficient (Wildman–Crippen LogP) is 15.1. The van der Waals surface area contributed by atoms with Crippen LogP contribution in [0, 0.1) is 0 Å². The minimum Gasteiger partial charge on any atom is -0.353 e. The maximum absolute atomic E-state index is 5.39. The summed E-state index contributed by atoms with van der Waals surface area (Å²) in [5, 5.41) is 0. The quantitative estimate of drug-likeness (QED) is 0.0877. The second kappa shape index (κ2) is 20.3. The van der Waals surface area contributed by atoms with Gasteiger partial charge >= 0.3 is 0 Å². The number of aryl methyl sites for hydroxylation is 2. The number of H-pyrrole nitrogens is 2. The Morgan fingerprint density at radius 1 is 0.440 bits per heavy atom. The van der Waals surface area contributed by atoms with Gasteiger partial charge in [0.25, 0.3) is 0 Å². The number of fused-ring (bicyclic) bond motifs is 10. The summed E-state index contributed by atoms with van der Waals surface area (Å²) in [5.41, 5.74) is 14.7. The summed E-state index contributed by atoms with van der Waals surface area (Å²) in [7, 11) is 0. The molecule has 5 rings (SSSR count). The molecule has 0 aromatic carbocycles. The molecule has 0 radical (unpaired) electrons. The summed E-state index contributed by atoms with van der Waals surface area (Å²) in [6.07, 6.45) is 24.4. The van der Waals surface area contributed by atoms with E-state index in [1.165, 1.54) is 143 Å². The molecule has 0 saturated heterocycles. The average Bonchev–Trinajstić information content (AvgIpc) is 3.87. The third-order valence-corrected chi connectivity index (χ3v) is 12.7. The van der Waals surface area contributed by atoms with Crippen LogP contribution in [0.2, 0.25) is 0 Å². The first-order valence-corrected chi connectivity index (χ1v) is 22.1. The van der Waals surface area contributed by atoms with Crippen LogP contribution in [0.3, 0.4) is 0 Å². The molecule has 0 amide bonds. The molecule has 2 aliphatic heterocycles. The zero-order valence-corrected chi connectivity index (χ0v) is 35.6. The second-order valence-electron chi connectivity index (χ2n) is 14.4. The zero-order valence-electron chi connectivity index (χ0n) is 31.3. The van der Waals surface area contributed by atoms with Crippen LogP contribution in [0.1, 0.15) is 177 Å². The van der Waals surface area contributed by atoms with Crippen molar-refractivity contribution in [1.29, 1.82) is 0 Å². The Bertz CT molecular complexity index is 1660. The van der Waals surface area contributed by atoms with Crippen molar-refractivity contribution in [3.8, 4) is 0 Å². The van der Waals surface area contributed by atoms with Crippen LogP contribution in [0.25, 0.3) is 40.4 Å². The van der Waals surface area contributed by atoms with E-state index in [0.717, 1.165) is 59.5 Å². The summed E-state index contributed by atoms with van der Waals surface area (Å²) in [4.78, 5) is 18.5. The van der Waals surface area contributed by atoms with Crippen LogP contribution >= 0.6 is 45.2 Å². The Morgan fingerprint density at radius 3 is 1.16 bits per heavy atom. The van der Waals surface area contributed by atoms with Gasteiger partial charge in [-0.2, -0.15) is 0 Å². The van der Waals surface area contributed by atoms with Crippen LogP contribution in [0.5, 0.6) is 0 Å².